The van der Waals surface area contributed by atoms with E-state index in [0.29, 0.717) is 17.1 Å². The van der Waals surface area contributed by atoms with E-state index in [1.54, 1.807) is 31.5 Å². The van der Waals surface area contributed by atoms with Crippen molar-refractivity contribution in [2.75, 3.05) is 7.11 Å². The fourth-order valence-electron chi connectivity index (χ4n) is 1.72. The maximum Gasteiger partial charge on any atom is 0.162 e. The van der Waals surface area contributed by atoms with Gasteiger partial charge in [0, 0.05) is 11.8 Å². The lowest BCUT2D eigenvalue weighted by Gasteiger charge is -2.16. The van der Waals surface area contributed by atoms with Crippen LogP contribution in [0.3, 0.4) is 0 Å². The molecule has 98 valence electrons. The first-order valence-corrected chi connectivity index (χ1v) is 5.95. The molecule has 1 atom stereocenters. The summed E-state index contributed by atoms with van der Waals surface area (Å²) in [6.45, 7) is 1.91. The number of carbonyl (C=O) groups excluding carboxylic acids is 1. The fraction of sp³-hybridized carbons (Fsp3) is 0.200. The average molecular weight is 257 g/mol. The Morgan fingerprint density at radius 3 is 2.68 bits per heavy atom. The molecule has 0 radical (unpaired) electrons. The van der Waals surface area contributed by atoms with Crippen molar-refractivity contribution >= 4 is 6.29 Å². The molecule has 1 aromatic heterocycles. The van der Waals surface area contributed by atoms with Crippen LogP contribution in [-0.2, 0) is 0 Å². The molecule has 2 rings (SSSR count). The second-order valence-electron chi connectivity index (χ2n) is 4.04. The summed E-state index contributed by atoms with van der Waals surface area (Å²) in [6.07, 6.45) is 2.30. The topological polar surface area (TPSA) is 48.4 Å². The number of hydrogen-bond acceptors (Lipinski definition) is 4. The van der Waals surface area contributed by atoms with E-state index >= 15 is 0 Å². The van der Waals surface area contributed by atoms with Crippen LogP contribution >= 0.6 is 0 Å². The van der Waals surface area contributed by atoms with Crippen molar-refractivity contribution in [1.29, 1.82) is 0 Å². The van der Waals surface area contributed by atoms with Gasteiger partial charge in [-0.1, -0.05) is 6.07 Å². The van der Waals surface area contributed by atoms with Gasteiger partial charge in [-0.2, -0.15) is 0 Å². The van der Waals surface area contributed by atoms with E-state index in [-0.39, 0.29) is 6.10 Å². The SMILES string of the molecule is COc1cc(C=O)ccc1OC(C)c1ccccn1. The Hall–Kier alpha value is -2.36. The quantitative estimate of drug-likeness (QED) is 0.772. The molecule has 0 aliphatic rings. The Kier molecular flexibility index (Phi) is 4.13. The molecule has 1 aromatic carbocycles. The summed E-state index contributed by atoms with van der Waals surface area (Å²) in [5.41, 5.74) is 1.39. The largest absolute Gasteiger partial charge is 0.493 e. The smallest absolute Gasteiger partial charge is 0.162 e. The van der Waals surface area contributed by atoms with Gasteiger partial charge in [0.05, 0.1) is 12.8 Å². The van der Waals surface area contributed by atoms with Crippen LogP contribution < -0.4 is 9.47 Å². The first-order chi connectivity index (χ1) is 9.24. The van der Waals surface area contributed by atoms with Gasteiger partial charge in [0.15, 0.2) is 11.5 Å². The minimum atomic E-state index is -0.197. The number of benzene rings is 1. The summed E-state index contributed by atoms with van der Waals surface area (Å²) in [6, 6.07) is 10.7. The molecule has 1 unspecified atom stereocenters. The molecule has 0 saturated heterocycles. The number of aromatic nitrogens is 1. The zero-order valence-electron chi connectivity index (χ0n) is 10.9. The minimum Gasteiger partial charge on any atom is -0.493 e. The molecular formula is C15H15NO3. The summed E-state index contributed by atoms with van der Waals surface area (Å²) in [4.78, 5) is 15.0. The highest BCUT2D eigenvalue weighted by atomic mass is 16.5. The maximum atomic E-state index is 10.7. The van der Waals surface area contributed by atoms with Crippen LogP contribution in [0, 0.1) is 0 Å². The second kappa shape index (κ2) is 6.00. The van der Waals surface area contributed by atoms with E-state index in [1.807, 2.05) is 25.1 Å². The molecule has 19 heavy (non-hydrogen) atoms. The molecule has 0 saturated carbocycles. The number of hydrogen-bond donors (Lipinski definition) is 0. The molecule has 2 aromatic rings. The average Bonchev–Trinajstić information content (AvgIpc) is 2.48. The molecule has 0 fully saturated rings. The zero-order chi connectivity index (χ0) is 13.7. The van der Waals surface area contributed by atoms with Gasteiger partial charge >= 0.3 is 0 Å². The molecule has 1 heterocycles. The van der Waals surface area contributed by atoms with E-state index < -0.39 is 0 Å². The maximum absolute atomic E-state index is 10.7. The van der Waals surface area contributed by atoms with Crippen molar-refractivity contribution in [2.24, 2.45) is 0 Å². The molecule has 0 aliphatic heterocycles. The summed E-state index contributed by atoms with van der Waals surface area (Å²) < 4.78 is 11.0. The van der Waals surface area contributed by atoms with Crippen molar-refractivity contribution < 1.29 is 14.3 Å². The van der Waals surface area contributed by atoms with Crippen LogP contribution in [0.5, 0.6) is 11.5 Å². The van der Waals surface area contributed by atoms with Gasteiger partial charge in [-0.05, 0) is 37.3 Å². The molecule has 0 aliphatic carbocycles. The number of pyridine rings is 1. The molecule has 0 spiro atoms. The van der Waals surface area contributed by atoms with Gasteiger partial charge in [0.25, 0.3) is 0 Å². The van der Waals surface area contributed by atoms with Gasteiger partial charge in [0.1, 0.15) is 12.4 Å². The number of aldehydes is 1. The van der Waals surface area contributed by atoms with Crippen LogP contribution in [0.4, 0.5) is 0 Å². The normalized spacial score (nSPS) is 11.7. The van der Waals surface area contributed by atoms with Crippen LogP contribution in [0.15, 0.2) is 42.6 Å². The van der Waals surface area contributed by atoms with Crippen molar-refractivity contribution in [2.45, 2.75) is 13.0 Å². The van der Waals surface area contributed by atoms with E-state index in [0.717, 1.165) is 12.0 Å². The summed E-state index contributed by atoms with van der Waals surface area (Å²) in [5, 5.41) is 0. The third kappa shape index (κ3) is 3.10. The Labute approximate surface area is 112 Å². The lowest BCUT2D eigenvalue weighted by molar-refractivity contribution is 0.112. The summed E-state index contributed by atoms with van der Waals surface area (Å²) in [5.74, 6) is 1.12. The second-order valence-corrected chi connectivity index (χ2v) is 4.04. The van der Waals surface area contributed by atoms with Gasteiger partial charge < -0.3 is 9.47 Å². The fourth-order valence-corrected chi connectivity index (χ4v) is 1.72. The summed E-state index contributed by atoms with van der Waals surface area (Å²) in [7, 11) is 1.54. The van der Waals surface area contributed by atoms with Crippen LogP contribution in [0.2, 0.25) is 0 Å². The number of nitrogens with zero attached hydrogens (tertiary/aromatic N) is 1. The Bertz CT molecular complexity index is 555. The van der Waals surface area contributed by atoms with Crippen LogP contribution in [0.25, 0.3) is 0 Å². The zero-order valence-corrected chi connectivity index (χ0v) is 10.9. The third-order valence-corrected chi connectivity index (χ3v) is 2.73. The third-order valence-electron chi connectivity index (χ3n) is 2.73. The number of methoxy groups -OCH3 is 1. The number of rotatable bonds is 5. The monoisotopic (exact) mass is 257 g/mol. The van der Waals surface area contributed by atoms with E-state index in [9.17, 15) is 4.79 Å². The van der Waals surface area contributed by atoms with Crippen molar-refractivity contribution in [3.63, 3.8) is 0 Å². The number of carbonyl (C=O) groups is 1. The Morgan fingerprint density at radius 1 is 1.21 bits per heavy atom. The standard InChI is InChI=1S/C15H15NO3/c1-11(13-5-3-4-8-16-13)19-14-7-6-12(10-17)9-15(14)18-2/h3-11H,1-2H3. The molecule has 0 N–H and O–H groups in total. The van der Waals surface area contributed by atoms with E-state index in [2.05, 4.69) is 4.98 Å². The molecule has 0 bridgehead atoms. The van der Waals surface area contributed by atoms with E-state index in [4.69, 9.17) is 9.47 Å². The highest BCUT2D eigenvalue weighted by Crippen LogP contribution is 2.31. The van der Waals surface area contributed by atoms with Crippen molar-refractivity contribution in [1.82, 2.24) is 4.98 Å². The first kappa shape index (κ1) is 13.1. The highest BCUT2D eigenvalue weighted by Gasteiger charge is 2.12. The van der Waals surface area contributed by atoms with Gasteiger partial charge in [-0.3, -0.25) is 9.78 Å². The van der Waals surface area contributed by atoms with Crippen molar-refractivity contribution in [3.8, 4) is 11.5 Å². The molecular weight excluding hydrogens is 242 g/mol. The highest BCUT2D eigenvalue weighted by molar-refractivity contribution is 5.76. The van der Waals surface area contributed by atoms with Gasteiger partial charge in [-0.15, -0.1) is 0 Å². The van der Waals surface area contributed by atoms with Gasteiger partial charge in [0.2, 0.25) is 0 Å². The molecule has 4 nitrogen and oxygen atoms in total. The van der Waals surface area contributed by atoms with Crippen LogP contribution in [-0.4, -0.2) is 18.4 Å². The van der Waals surface area contributed by atoms with Gasteiger partial charge in [-0.25, -0.2) is 0 Å². The summed E-state index contributed by atoms with van der Waals surface area (Å²) >= 11 is 0. The lowest BCUT2D eigenvalue weighted by atomic mass is 10.2. The van der Waals surface area contributed by atoms with E-state index in [1.165, 1.54) is 0 Å². The number of ether oxygens (including phenoxy) is 2. The Morgan fingerprint density at radius 2 is 2.05 bits per heavy atom. The lowest BCUT2D eigenvalue weighted by Crippen LogP contribution is -2.06. The van der Waals surface area contributed by atoms with Crippen molar-refractivity contribution in [3.05, 3.63) is 53.9 Å². The molecule has 4 heteroatoms. The van der Waals surface area contributed by atoms with Crippen LogP contribution in [0.1, 0.15) is 29.1 Å². The Balaban J connectivity index is 2.21. The predicted octanol–water partition coefficient (Wildman–Crippen LogP) is 3.04. The predicted molar refractivity (Wildman–Crippen MR) is 71.7 cm³/mol. The molecule has 0 amide bonds. The first-order valence-electron chi connectivity index (χ1n) is 5.95. The minimum absolute atomic E-state index is 0.197.